The van der Waals surface area contributed by atoms with E-state index in [0.29, 0.717) is 28.0 Å². The number of fused-ring (bicyclic) bond motifs is 1. The average Bonchev–Trinajstić information content (AvgIpc) is 3.04. The van der Waals surface area contributed by atoms with Gasteiger partial charge in [-0.15, -0.1) is 4.91 Å². The summed E-state index contributed by atoms with van der Waals surface area (Å²) in [5, 5.41) is 15.8. The molecular formula is C33H25N3O7. The standard InChI is InChI=1S/C33H25N3O7/c1-42-33(40)30(17-20-7-12-23(36-41)13-8-20)35-31(37)29-19-27(32(38)39)26-18-22(11-16-28(26)34-29)21-9-14-25(15-10-21)43-24-5-3-2-4-6-24/h2-16,18-19,30H,17H2,1H3,(H,35,37)(H,38,39)/t30-/m0/s1. The lowest BCUT2D eigenvalue weighted by atomic mass is 10.00. The molecule has 2 N–H and O–H groups in total. The maximum atomic E-state index is 13.2. The number of aromatic carboxylic acids is 1. The molecule has 1 atom stereocenters. The number of hydrogen-bond acceptors (Lipinski definition) is 8. The number of benzene rings is 4. The molecule has 0 saturated heterocycles. The van der Waals surface area contributed by atoms with Crippen molar-refractivity contribution in [1.29, 1.82) is 0 Å². The van der Waals surface area contributed by atoms with Gasteiger partial charge in [-0.2, -0.15) is 0 Å². The molecule has 0 spiro atoms. The number of rotatable bonds is 10. The van der Waals surface area contributed by atoms with E-state index in [1.165, 1.54) is 25.3 Å². The predicted octanol–water partition coefficient (Wildman–Crippen LogP) is 6.30. The number of methoxy groups -OCH3 is 1. The number of pyridine rings is 1. The van der Waals surface area contributed by atoms with E-state index >= 15 is 0 Å². The van der Waals surface area contributed by atoms with Crippen molar-refractivity contribution >= 4 is 34.4 Å². The molecule has 5 aromatic rings. The molecule has 4 aromatic carbocycles. The molecule has 0 radical (unpaired) electrons. The van der Waals surface area contributed by atoms with E-state index in [1.807, 2.05) is 54.6 Å². The number of nitrogens with one attached hydrogen (secondary N) is 1. The first-order valence-electron chi connectivity index (χ1n) is 13.2. The first-order chi connectivity index (χ1) is 20.8. The molecule has 0 saturated carbocycles. The number of esters is 1. The Hall–Kier alpha value is -5.90. The molecule has 0 fully saturated rings. The van der Waals surface area contributed by atoms with Crippen LogP contribution < -0.4 is 10.1 Å². The number of nitroso groups, excluding NO2 is 1. The van der Waals surface area contributed by atoms with E-state index in [4.69, 9.17) is 9.47 Å². The Labute approximate surface area is 245 Å². The third-order valence-electron chi connectivity index (χ3n) is 6.71. The Kier molecular flexibility index (Phi) is 8.48. The maximum absolute atomic E-state index is 13.2. The number of carbonyl (C=O) groups is 3. The van der Waals surface area contributed by atoms with E-state index < -0.39 is 23.9 Å². The minimum atomic E-state index is -1.24. The molecule has 0 aliphatic carbocycles. The summed E-state index contributed by atoms with van der Waals surface area (Å²) < 4.78 is 10.7. The number of aromatic nitrogens is 1. The van der Waals surface area contributed by atoms with Gasteiger partial charge in [-0.25, -0.2) is 14.6 Å². The van der Waals surface area contributed by atoms with Crippen LogP contribution in [0.3, 0.4) is 0 Å². The van der Waals surface area contributed by atoms with Crippen LogP contribution in [0.15, 0.2) is 108 Å². The molecule has 214 valence electrons. The topological polar surface area (TPSA) is 144 Å². The Morgan fingerprint density at radius 3 is 2.19 bits per heavy atom. The zero-order valence-electron chi connectivity index (χ0n) is 22.9. The molecule has 0 aliphatic rings. The molecule has 0 unspecified atom stereocenters. The van der Waals surface area contributed by atoms with Gasteiger partial charge >= 0.3 is 11.9 Å². The molecule has 1 amide bonds. The van der Waals surface area contributed by atoms with Crippen LogP contribution in [-0.4, -0.2) is 41.1 Å². The van der Waals surface area contributed by atoms with Crippen LogP contribution in [0.25, 0.3) is 22.0 Å². The van der Waals surface area contributed by atoms with Gasteiger partial charge < -0.3 is 19.9 Å². The van der Waals surface area contributed by atoms with Gasteiger partial charge in [0, 0.05) is 11.8 Å². The van der Waals surface area contributed by atoms with E-state index in [0.717, 1.165) is 11.1 Å². The van der Waals surface area contributed by atoms with Crippen LogP contribution >= 0.6 is 0 Å². The van der Waals surface area contributed by atoms with Gasteiger partial charge in [-0.3, -0.25) is 4.79 Å². The van der Waals surface area contributed by atoms with E-state index in [-0.39, 0.29) is 23.4 Å². The van der Waals surface area contributed by atoms with Crippen molar-refractivity contribution in [3.63, 3.8) is 0 Å². The third kappa shape index (κ3) is 6.71. The Balaban J connectivity index is 1.40. The van der Waals surface area contributed by atoms with Crippen molar-refractivity contribution in [3.8, 4) is 22.6 Å². The van der Waals surface area contributed by atoms with Crippen molar-refractivity contribution < 1.29 is 29.0 Å². The number of ether oxygens (including phenoxy) is 2. The highest BCUT2D eigenvalue weighted by molar-refractivity contribution is 6.07. The maximum Gasteiger partial charge on any atom is 0.336 e. The van der Waals surface area contributed by atoms with Crippen molar-refractivity contribution in [1.82, 2.24) is 10.3 Å². The summed E-state index contributed by atoms with van der Waals surface area (Å²) in [4.78, 5) is 53.0. The first kappa shape index (κ1) is 28.6. The van der Waals surface area contributed by atoms with E-state index in [2.05, 4.69) is 15.5 Å². The summed E-state index contributed by atoms with van der Waals surface area (Å²) in [7, 11) is 1.19. The summed E-state index contributed by atoms with van der Waals surface area (Å²) in [5.41, 5.74) is 2.46. The molecule has 0 bridgehead atoms. The first-order valence-corrected chi connectivity index (χ1v) is 13.2. The number of carboxylic acid groups (broad SMARTS) is 1. The zero-order chi connectivity index (χ0) is 30.3. The monoisotopic (exact) mass is 575 g/mol. The summed E-state index contributed by atoms with van der Waals surface area (Å²) >= 11 is 0. The molecule has 43 heavy (non-hydrogen) atoms. The van der Waals surface area contributed by atoms with E-state index in [9.17, 15) is 24.4 Å². The van der Waals surface area contributed by atoms with Gasteiger partial charge in [0.1, 0.15) is 28.9 Å². The predicted molar refractivity (Wildman–Crippen MR) is 160 cm³/mol. The van der Waals surface area contributed by atoms with Gasteiger partial charge in [-0.1, -0.05) is 48.5 Å². The fourth-order valence-corrected chi connectivity index (χ4v) is 4.53. The SMILES string of the molecule is COC(=O)[C@H](Cc1ccc(N=O)cc1)NC(=O)c1cc(C(=O)O)c2cc(-c3ccc(Oc4ccccc4)cc3)ccc2n1. The highest BCUT2D eigenvalue weighted by atomic mass is 16.5. The van der Waals surface area contributed by atoms with Gasteiger partial charge in [0.05, 0.1) is 18.2 Å². The molecule has 5 rings (SSSR count). The van der Waals surface area contributed by atoms with Crippen molar-refractivity contribution in [3.05, 3.63) is 125 Å². The largest absolute Gasteiger partial charge is 0.478 e. The lowest BCUT2D eigenvalue weighted by molar-refractivity contribution is -0.142. The van der Waals surface area contributed by atoms with Crippen LogP contribution in [0.2, 0.25) is 0 Å². The Bertz CT molecular complexity index is 1810. The smallest absolute Gasteiger partial charge is 0.336 e. The summed E-state index contributed by atoms with van der Waals surface area (Å²) in [6.07, 6.45) is 0.0649. The third-order valence-corrected chi connectivity index (χ3v) is 6.71. The second kappa shape index (κ2) is 12.7. The van der Waals surface area contributed by atoms with Crippen molar-refractivity contribution in [2.75, 3.05) is 7.11 Å². The lowest BCUT2D eigenvalue weighted by Gasteiger charge is -2.17. The summed E-state index contributed by atoms with van der Waals surface area (Å²) in [6, 6.07) is 28.2. The summed E-state index contributed by atoms with van der Waals surface area (Å²) in [6.45, 7) is 0. The number of amides is 1. The fourth-order valence-electron chi connectivity index (χ4n) is 4.53. The van der Waals surface area contributed by atoms with Gasteiger partial charge in [0.2, 0.25) is 0 Å². The normalized spacial score (nSPS) is 11.4. The minimum absolute atomic E-state index is 0.0649. The summed E-state index contributed by atoms with van der Waals surface area (Å²) in [5.74, 6) is -1.32. The highest BCUT2D eigenvalue weighted by Crippen LogP contribution is 2.29. The number of hydrogen-bond donors (Lipinski definition) is 2. The molecular weight excluding hydrogens is 550 g/mol. The quantitative estimate of drug-likeness (QED) is 0.146. The average molecular weight is 576 g/mol. The van der Waals surface area contributed by atoms with Crippen molar-refractivity contribution in [2.45, 2.75) is 12.5 Å². The van der Waals surface area contributed by atoms with Crippen LogP contribution in [0.1, 0.15) is 26.4 Å². The molecule has 0 aliphatic heterocycles. The fraction of sp³-hybridized carbons (Fsp3) is 0.0909. The molecule has 10 heteroatoms. The molecule has 1 aromatic heterocycles. The lowest BCUT2D eigenvalue weighted by Crippen LogP contribution is -2.43. The van der Waals surface area contributed by atoms with Gasteiger partial charge in [-0.05, 0) is 76.5 Å². The Morgan fingerprint density at radius 2 is 1.53 bits per heavy atom. The second-order valence-electron chi connectivity index (χ2n) is 9.54. The van der Waals surface area contributed by atoms with Crippen LogP contribution in [-0.2, 0) is 16.0 Å². The zero-order valence-corrected chi connectivity index (χ0v) is 22.9. The molecule has 1 heterocycles. The van der Waals surface area contributed by atoms with Gasteiger partial charge in [0.25, 0.3) is 5.91 Å². The van der Waals surface area contributed by atoms with Crippen molar-refractivity contribution in [2.24, 2.45) is 5.18 Å². The number of carbonyl (C=O) groups excluding carboxylic acids is 2. The molecule has 10 nitrogen and oxygen atoms in total. The number of para-hydroxylation sites is 1. The highest BCUT2D eigenvalue weighted by Gasteiger charge is 2.25. The Morgan fingerprint density at radius 1 is 0.860 bits per heavy atom. The van der Waals surface area contributed by atoms with Gasteiger partial charge in [0.15, 0.2) is 0 Å². The van der Waals surface area contributed by atoms with Crippen LogP contribution in [0.4, 0.5) is 5.69 Å². The second-order valence-corrected chi connectivity index (χ2v) is 9.54. The number of carboxylic acids is 1. The number of nitrogens with zero attached hydrogens (tertiary/aromatic N) is 2. The van der Waals surface area contributed by atoms with Crippen LogP contribution in [0, 0.1) is 4.91 Å². The van der Waals surface area contributed by atoms with Crippen LogP contribution in [0.5, 0.6) is 11.5 Å². The van der Waals surface area contributed by atoms with E-state index in [1.54, 1.807) is 30.3 Å². The minimum Gasteiger partial charge on any atom is -0.478 e.